The zero-order valence-corrected chi connectivity index (χ0v) is 21.8. The molecule has 1 aliphatic carbocycles. The van der Waals surface area contributed by atoms with Gasteiger partial charge < -0.3 is 19.5 Å². The van der Waals surface area contributed by atoms with E-state index >= 15 is 0 Å². The molecule has 1 aliphatic rings. The van der Waals surface area contributed by atoms with Gasteiger partial charge in [-0.2, -0.15) is 0 Å². The highest BCUT2D eigenvalue weighted by molar-refractivity contribution is 6.30. The van der Waals surface area contributed by atoms with Crippen LogP contribution >= 0.6 is 11.6 Å². The Bertz CT molecular complexity index is 1560. The molecule has 5 rings (SSSR count). The quantitative estimate of drug-likeness (QED) is 0.310. The average molecular weight is 521 g/mol. The number of carbonyl (C=O) groups excluding carboxylic acids is 2. The number of furan rings is 1. The lowest BCUT2D eigenvalue weighted by atomic mass is 9.95. The monoisotopic (exact) mass is 520 g/mol. The number of benzene rings is 2. The third-order valence-electron chi connectivity index (χ3n) is 7.07. The molecule has 1 atom stereocenters. The molecule has 1 fully saturated rings. The molecular weight excluding hydrogens is 492 g/mol. The number of rotatable bonds is 8. The Morgan fingerprint density at radius 2 is 1.78 bits per heavy atom. The van der Waals surface area contributed by atoms with Gasteiger partial charge in [0.25, 0.3) is 0 Å². The standard InChI is InChI=1S/C29H29ClN2O5/c1-15-10-23-27(28-26(15)16(2)14-36-28)17(3)22(29(35)37-23)12-24(33)31-13-19(11-25(34)32-21-8-9-21)18-4-6-20(30)7-5-18/h4-7,10,14,19,21H,8-9,11-13H2,1-3H3,(H,31,33)(H,32,34). The number of fused-ring (bicyclic) bond motifs is 3. The molecule has 0 saturated heterocycles. The third-order valence-corrected chi connectivity index (χ3v) is 7.32. The fourth-order valence-electron chi connectivity index (χ4n) is 4.92. The minimum Gasteiger partial charge on any atom is -0.463 e. The number of halogens is 1. The van der Waals surface area contributed by atoms with E-state index in [-0.39, 0.29) is 43.2 Å². The summed E-state index contributed by atoms with van der Waals surface area (Å²) >= 11 is 6.04. The van der Waals surface area contributed by atoms with Crippen molar-refractivity contribution >= 4 is 45.4 Å². The molecule has 1 unspecified atom stereocenters. The maximum atomic E-state index is 13.0. The molecule has 192 valence electrons. The van der Waals surface area contributed by atoms with Crippen LogP contribution in [0.5, 0.6) is 0 Å². The molecule has 2 amide bonds. The first kappa shape index (κ1) is 25.1. The van der Waals surface area contributed by atoms with Gasteiger partial charge in [-0.25, -0.2) is 4.79 Å². The summed E-state index contributed by atoms with van der Waals surface area (Å²) in [4.78, 5) is 38.4. The predicted octanol–water partition coefficient (Wildman–Crippen LogP) is 5.23. The summed E-state index contributed by atoms with van der Waals surface area (Å²) in [6.45, 7) is 5.98. The smallest absolute Gasteiger partial charge is 0.340 e. The molecule has 2 N–H and O–H groups in total. The lowest BCUT2D eigenvalue weighted by Crippen LogP contribution is -2.34. The maximum absolute atomic E-state index is 13.0. The van der Waals surface area contributed by atoms with Gasteiger partial charge in [-0.1, -0.05) is 23.7 Å². The van der Waals surface area contributed by atoms with Crippen molar-refractivity contribution in [3.63, 3.8) is 0 Å². The molecule has 0 spiro atoms. The molecule has 4 aromatic rings. The minimum absolute atomic E-state index is 0.0456. The van der Waals surface area contributed by atoms with Gasteiger partial charge in [0.1, 0.15) is 11.2 Å². The van der Waals surface area contributed by atoms with Crippen LogP contribution in [-0.4, -0.2) is 24.4 Å². The Hall–Kier alpha value is -3.58. The number of hydrogen-bond acceptors (Lipinski definition) is 5. The van der Waals surface area contributed by atoms with Crippen LogP contribution in [0.3, 0.4) is 0 Å². The topological polar surface area (TPSA) is 102 Å². The van der Waals surface area contributed by atoms with Crippen LogP contribution in [0.15, 0.2) is 50.2 Å². The van der Waals surface area contributed by atoms with E-state index in [1.165, 1.54) is 0 Å². The van der Waals surface area contributed by atoms with Crippen LogP contribution in [-0.2, 0) is 16.0 Å². The van der Waals surface area contributed by atoms with Crippen LogP contribution < -0.4 is 16.3 Å². The molecule has 8 heteroatoms. The van der Waals surface area contributed by atoms with E-state index in [2.05, 4.69) is 10.6 Å². The summed E-state index contributed by atoms with van der Waals surface area (Å²) in [5.41, 5.74) is 4.37. The second-order valence-corrected chi connectivity index (χ2v) is 10.4. The normalized spacial score (nSPS) is 14.2. The van der Waals surface area contributed by atoms with E-state index in [4.69, 9.17) is 20.4 Å². The van der Waals surface area contributed by atoms with Crippen LogP contribution in [0.1, 0.15) is 53.0 Å². The third kappa shape index (κ3) is 5.27. The Kier molecular flexibility index (Phi) is 6.82. The molecule has 7 nitrogen and oxygen atoms in total. The molecule has 0 bridgehead atoms. The first-order valence-corrected chi connectivity index (χ1v) is 12.8. The van der Waals surface area contributed by atoms with Crippen molar-refractivity contribution in [3.8, 4) is 0 Å². The molecule has 0 radical (unpaired) electrons. The summed E-state index contributed by atoms with van der Waals surface area (Å²) in [6.07, 6.45) is 3.80. The summed E-state index contributed by atoms with van der Waals surface area (Å²) in [7, 11) is 0. The zero-order valence-electron chi connectivity index (χ0n) is 21.1. The Morgan fingerprint density at radius 3 is 2.49 bits per heavy atom. The van der Waals surface area contributed by atoms with Crippen molar-refractivity contribution in [1.82, 2.24) is 10.6 Å². The molecular formula is C29H29ClN2O5. The van der Waals surface area contributed by atoms with Crippen molar-refractivity contribution in [2.75, 3.05) is 6.54 Å². The van der Waals surface area contributed by atoms with Crippen molar-refractivity contribution in [1.29, 1.82) is 0 Å². The zero-order chi connectivity index (χ0) is 26.3. The van der Waals surface area contributed by atoms with E-state index in [0.717, 1.165) is 34.9 Å². The fraction of sp³-hybridized carbons (Fsp3) is 0.345. The number of hydrogen-bond donors (Lipinski definition) is 2. The number of nitrogens with one attached hydrogen (secondary N) is 2. The first-order valence-electron chi connectivity index (χ1n) is 12.5. The number of aryl methyl sites for hydroxylation is 3. The van der Waals surface area contributed by atoms with Gasteiger partial charge in [-0.05, 0) is 74.1 Å². The molecule has 2 aromatic heterocycles. The van der Waals surface area contributed by atoms with E-state index in [1.54, 1.807) is 18.4 Å². The number of carbonyl (C=O) groups is 2. The van der Waals surface area contributed by atoms with Crippen molar-refractivity contribution < 1.29 is 18.4 Å². The lowest BCUT2D eigenvalue weighted by Gasteiger charge is -2.18. The van der Waals surface area contributed by atoms with Gasteiger partial charge in [0.15, 0.2) is 0 Å². The molecule has 2 aromatic carbocycles. The SMILES string of the molecule is Cc1coc2c1c(C)cc1oc(=O)c(CC(=O)NCC(CC(=O)NC3CC3)c3ccc(Cl)cc3)c(C)c12. The van der Waals surface area contributed by atoms with Crippen molar-refractivity contribution in [3.05, 3.63) is 79.9 Å². The van der Waals surface area contributed by atoms with Crippen LogP contribution in [0.25, 0.3) is 21.9 Å². The first-order chi connectivity index (χ1) is 17.7. The van der Waals surface area contributed by atoms with Crippen molar-refractivity contribution in [2.24, 2.45) is 0 Å². The van der Waals surface area contributed by atoms with Gasteiger partial charge in [-0.15, -0.1) is 0 Å². The Balaban J connectivity index is 1.36. The van der Waals surface area contributed by atoms with Crippen molar-refractivity contribution in [2.45, 2.75) is 58.4 Å². The van der Waals surface area contributed by atoms with E-state index in [9.17, 15) is 14.4 Å². The van der Waals surface area contributed by atoms with Gasteiger partial charge >= 0.3 is 5.63 Å². The second-order valence-electron chi connectivity index (χ2n) is 9.96. The lowest BCUT2D eigenvalue weighted by molar-refractivity contribution is -0.123. The van der Waals surface area contributed by atoms with Gasteiger partial charge in [0.2, 0.25) is 11.8 Å². The largest absolute Gasteiger partial charge is 0.463 e. The van der Waals surface area contributed by atoms with Crippen LogP contribution in [0.2, 0.25) is 5.02 Å². The summed E-state index contributed by atoms with van der Waals surface area (Å²) in [6, 6.07) is 9.37. The maximum Gasteiger partial charge on any atom is 0.340 e. The Morgan fingerprint density at radius 1 is 1.05 bits per heavy atom. The molecule has 0 aliphatic heterocycles. The molecule has 2 heterocycles. The highest BCUT2D eigenvalue weighted by atomic mass is 35.5. The highest BCUT2D eigenvalue weighted by Crippen LogP contribution is 2.34. The van der Waals surface area contributed by atoms with E-state index in [0.29, 0.717) is 32.7 Å². The van der Waals surface area contributed by atoms with Gasteiger partial charge in [0.05, 0.1) is 23.6 Å². The van der Waals surface area contributed by atoms with E-state index in [1.807, 2.05) is 39.0 Å². The predicted molar refractivity (Wildman–Crippen MR) is 143 cm³/mol. The summed E-state index contributed by atoms with van der Waals surface area (Å²) in [5.74, 6) is -0.603. The average Bonchev–Trinajstić information content (AvgIpc) is 3.58. The molecule has 1 saturated carbocycles. The van der Waals surface area contributed by atoms with Gasteiger partial charge in [0, 0.05) is 35.3 Å². The second kappa shape index (κ2) is 10.1. The molecule has 37 heavy (non-hydrogen) atoms. The fourth-order valence-corrected chi connectivity index (χ4v) is 5.04. The summed E-state index contributed by atoms with van der Waals surface area (Å²) in [5, 5.41) is 8.20. The summed E-state index contributed by atoms with van der Waals surface area (Å²) < 4.78 is 11.4. The van der Waals surface area contributed by atoms with Gasteiger partial charge in [-0.3, -0.25) is 9.59 Å². The minimum atomic E-state index is -0.541. The van der Waals surface area contributed by atoms with Crippen LogP contribution in [0, 0.1) is 20.8 Å². The van der Waals surface area contributed by atoms with E-state index < -0.39 is 5.63 Å². The van der Waals surface area contributed by atoms with Crippen LogP contribution in [0.4, 0.5) is 0 Å². The number of amides is 2. The Labute approximate surface area is 219 Å². The highest BCUT2D eigenvalue weighted by Gasteiger charge is 2.26.